The number of pyridine rings is 1. The molecule has 2 aromatic heterocycles. The smallest absolute Gasteiger partial charge is 0.155 e. The minimum atomic E-state index is 0.888. The maximum Gasteiger partial charge on any atom is 0.155 e. The summed E-state index contributed by atoms with van der Waals surface area (Å²) in [6.07, 6.45) is 1.57. The van der Waals surface area contributed by atoms with Gasteiger partial charge in [-0.3, -0.25) is 0 Å². The summed E-state index contributed by atoms with van der Waals surface area (Å²) < 4.78 is 1.84. The van der Waals surface area contributed by atoms with Crippen molar-refractivity contribution in [3.63, 3.8) is 0 Å². The molecular formula is C10H7N3. The van der Waals surface area contributed by atoms with Crippen LogP contribution in [0.2, 0.25) is 0 Å². The van der Waals surface area contributed by atoms with Crippen LogP contribution in [0.4, 0.5) is 0 Å². The molecular weight excluding hydrogens is 162 g/mol. The van der Waals surface area contributed by atoms with Crippen LogP contribution in [0.5, 0.6) is 0 Å². The van der Waals surface area contributed by atoms with Crippen LogP contribution in [-0.4, -0.2) is 14.6 Å². The van der Waals surface area contributed by atoms with Crippen molar-refractivity contribution in [3.05, 3.63) is 42.7 Å². The van der Waals surface area contributed by atoms with E-state index in [1.807, 2.05) is 28.8 Å². The van der Waals surface area contributed by atoms with E-state index in [4.69, 9.17) is 0 Å². The highest BCUT2D eigenvalue weighted by Crippen LogP contribution is 2.13. The summed E-state index contributed by atoms with van der Waals surface area (Å²) in [6.45, 7) is 0. The van der Waals surface area contributed by atoms with Gasteiger partial charge in [0.15, 0.2) is 5.65 Å². The van der Waals surface area contributed by atoms with Crippen LogP contribution in [0, 0.1) is 0 Å². The molecule has 0 saturated heterocycles. The Morgan fingerprint density at radius 3 is 2.92 bits per heavy atom. The van der Waals surface area contributed by atoms with Gasteiger partial charge in [0.05, 0.1) is 5.52 Å². The Balaban J connectivity index is 2.65. The Bertz CT molecular complexity index is 568. The van der Waals surface area contributed by atoms with Gasteiger partial charge >= 0.3 is 0 Å². The van der Waals surface area contributed by atoms with Crippen molar-refractivity contribution in [1.82, 2.24) is 14.6 Å². The molecule has 3 nitrogen and oxygen atoms in total. The van der Waals surface area contributed by atoms with Crippen LogP contribution in [0.25, 0.3) is 16.6 Å². The third-order valence-corrected chi connectivity index (χ3v) is 2.15. The molecule has 0 saturated carbocycles. The zero-order valence-corrected chi connectivity index (χ0v) is 6.88. The monoisotopic (exact) mass is 169 g/mol. The number of fused-ring (bicyclic) bond motifs is 3. The number of aromatic nitrogens is 3. The molecule has 2 heterocycles. The molecule has 0 fully saturated rings. The second-order valence-electron chi connectivity index (χ2n) is 2.92. The molecule has 0 unspecified atom stereocenters. The number of hydrogen-bond acceptors (Lipinski definition) is 2. The molecule has 3 rings (SSSR count). The van der Waals surface area contributed by atoms with Gasteiger partial charge in [0.1, 0.15) is 6.33 Å². The maximum atomic E-state index is 4.15. The normalized spacial score (nSPS) is 11.1. The third-order valence-electron chi connectivity index (χ3n) is 2.15. The first-order valence-corrected chi connectivity index (χ1v) is 4.13. The second-order valence-corrected chi connectivity index (χ2v) is 2.92. The van der Waals surface area contributed by atoms with Crippen LogP contribution in [0.15, 0.2) is 42.7 Å². The number of benzene rings is 1. The van der Waals surface area contributed by atoms with Crippen LogP contribution < -0.4 is 0 Å². The Morgan fingerprint density at radius 2 is 1.92 bits per heavy atom. The lowest BCUT2D eigenvalue weighted by molar-refractivity contribution is 1.00. The van der Waals surface area contributed by atoms with Gasteiger partial charge in [-0.1, -0.05) is 18.2 Å². The maximum absolute atomic E-state index is 4.15. The summed E-state index contributed by atoms with van der Waals surface area (Å²) in [7, 11) is 0. The standard InChI is InChI=1S/C10H7N3/c1-2-4-9-8(3-1)5-6-10-11-7-12-13(9)10/h1-7H. The van der Waals surface area contributed by atoms with Gasteiger partial charge in [-0.05, 0) is 18.2 Å². The molecule has 0 spiro atoms. The average molecular weight is 169 g/mol. The number of para-hydroxylation sites is 1. The molecule has 3 aromatic rings. The summed E-state index contributed by atoms with van der Waals surface area (Å²) in [5, 5.41) is 5.33. The van der Waals surface area contributed by atoms with Crippen molar-refractivity contribution < 1.29 is 0 Å². The molecule has 0 bridgehead atoms. The van der Waals surface area contributed by atoms with Crippen LogP contribution in [0.3, 0.4) is 0 Å². The molecule has 0 atom stereocenters. The molecule has 3 heteroatoms. The summed E-state index contributed by atoms with van der Waals surface area (Å²) in [4.78, 5) is 4.12. The largest absolute Gasteiger partial charge is 0.215 e. The van der Waals surface area contributed by atoms with Crippen LogP contribution >= 0.6 is 0 Å². The quantitative estimate of drug-likeness (QED) is 0.514. The van der Waals surface area contributed by atoms with E-state index in [1.165, 1.54) is 5.39 Å². The lowest BCUT2D eigenvalue weighted by atomic mass is 10.2. The molecule has 0 N–H and O–H groups in total. The summed E-state index contributed by atoms with van der Waals surface area (Å²) >= 11 is 0. The van der Waals surface area contributed by atoms with E-state index < -0.39 is 0 Å². The van der Waals surface area contributed by atoms with Gasteiger partial charge in [-0.2, -0.15) is 5.10 Å². The summed E-state index contributed by atoms with van der Waals surface area (Å²) in [5.41, 5.74) is 1.98. The van der Waals surface area contributed by atoms with Crippen LogP contribution in [-0.2, 0) is 0 Å². The molecule has 0 amide bonds. The average Bonchev–Trinajstić information content (AvgIpc) is 2.65. The van der Waals surface area contributed by atoms with Gasteiger partial charge in [0.2, 0.25) is 0 Å². The highest BCUT2D eigenvalue weighted by Gasteiger charge is 1.98. The molecule has 62 valence electrons. The van der Waals surface area contributed by atoms with E-state index in [0.29, 0.717) is 0 Å². The lowest BCUT2D eigenvalue weighted by Crippen LogP contribution is -1.88. The SMILES string of the molecule is c1ccc2c(c1)ccc1ncnn12. The zero-order valence-electron chi connectivity index (χ0n) is 6.88. The Kier molecular flexibility index (Phi) is 1.16. The van der Waals surface area contributed by atoms with Crippen LogP contribution in [0.1, 0.15) is 0 Å². The molecule has 0 aliphatic heterocycles. The Hall–Kier alpha value is -1.90. The minimum Gasteiger partial charge on any atom is -0.215 e. The Morgan fingerprint density at radius 1 is 1.00 bits per heavy atom. The second kappa shape index (κ2) is 2.29. The summed E-state index contributed by atoms with van der Waals surface area (Å²) in [5.74, 6) is 0. The number of rotatable bonds is 0. The number of hydrogen-bond donors (Lipinski definition) is 0. The predicted octanol–water partition coefficient (Wildman–Crippen LogP) is 1.88. The minimum absolute atomic E-state index is 0.888. The fourth-order valence-corrected chi connectivity index (χ4v) is 1.54. The zero-order chi connectivity index (χ0) is 8.67. The first-order valence-electron chi connectivity index (χ1n) is 4.13. The molecule has 0 aliphatic carbocycles. The van der Waals surface area contributed by atoms with E-state index in [2.05, 4.69) is 22.2 Å². The molecule has 1 aromatic carbocycles. The highest BCUT2D eigenvalue weighted by molar-refractivity contribution is 5.81. The lowest BCUT2D eigenvalue weighted by Gasteiger charge is -1.98. The van der Waals surface area contributed by atoms with Gasteiger partial charge < -0.3 is 0 Å². The first kappa shape index (κ1) is 6.60. The molecule has 0 radical (unpaired) electrons. The topological polar surface area (TPSA) is 30.2 Å². The first-order chi connectivity index (χ1) is 6.45. The van der Waals surface area contributed by atoms with Crippen molar-refractivity contribution >= 4 is 16.6 Å². The van der Waals surface area contributed by atoms with E-state index in [9.17, 15) is 0 Å². The van der Waals surface area contributed by atoms with E-state index in [1.54, 1.807) is 6.33 Å². The van der Waals surface area contributed by atoms with Gasteiger partial charge in [-0.15, -0.1) is 0 Å². The molecule has 0 aliphatic rings. The van der Waals surface area contributed by atoms with E-state index in [-0.39, 0.29) is 0 Å². The fraction of sp³-hybridized carbons (Fsp3) is 0. The van der Waals surface area contributed by atoms with Gasteiger partial charge in [-0.25, -0.2) is 9.50 Å². The third kappa shape index (κ3) is 0.839. The van der Waals surface area contributed by atoms with Crippen molar-refractivity contribution in [1.29, 1.82) is 0 Å². The van der Waals surface area contributed by atoms with Crippen molar-refractivity contribution in [3.8, 4) is 0 Å². The van der Waals surface area contributed by atoms with Crippen molar-refractivity contribution in [2.75, 3.05) is 0 Å². The van der Waals surface area contributed by atoms with Crippen molar-refractivity contribution in [2.24, 2.45) is 0 Å². The van der Waals surface area contributed by atoms with Gasteiger partial charge in [0, 0.05) is 5.39 Å². The predicted molar refractivity (Wildman–Crippen MR) is 50.5 cm³/mol. The highest BCUT2D eigenvalue weighted by atomic mass is 15.3. The summed E-state index contributed by atoms with van der Waals surface area (Å²) in [6, 6.07) is 12.1. The Labute approximate surface area is 74.6 Å². The van der Waals surface area contributed by atoms with E-state index >= 15 is 0 Å². The molecule has 13 heavy (non-hydrogen) atoms. The number of nitrogens with zero attached hydrogens (tertiary/aromatic N) is 3. The van der Waals surface area contributed by atoms with Gasteiger partial charge in [0.25, 0.3) is 0 Å². The van der Waals surface area contributed by atoms with E-state index in [0.717, 1.165) is 11.2 Å². The van der Waals surface area contributed by atoms with Crippen molar-refractivity contribution in [2.45, 2.75) is 0 Å². The fourth-order valence-electron chi connectivity index (χ4n) is 1.54.